The molecule has 2 aromatic carbocycles. The van der Waals surface area contributed by atoms with Crippen LogP contribution in [0.5, 0.6) is 11.5 Å². The van der Waals surface area contributed by atoms with Gasteiger partial charge in [-0.05, 0) is 85.0 Å². The third-order valence-corrected chi connectivity index (χ3v) is 3.65. The third-order valence-electron chi connectivity index (χ3n) is 2.93. The van der Waals surface area contributed by atoms with Gasteiger partial charge in [-0.2, -0.15) is 0 Å². The summed E-state index contributed by atoms with van der Waals surface area (Å²) in [6.07, 6.45) is -0.577. The van der Waals surface area contributed by atoms with E-state index in [1.807, 2.05) is 43.3 Å². The molecule has 1 atom stereocenters. The predicted molar refractivity (Wildman–Crippen MR) is 95.5 cm³/mol. The van der Waals surface area contributed by atoms with Gasteiger partial charge in [0.2, 0.25) is 0 Å². The van der Waals surface area contributed by atoms with E-state index in [9.17, 15) is 4.79 Å². The topological polar surface area (TPSA) is 47.6 Å². The highest BCUT2D eigenvalue weighted by molar-refractivity contribution is 14.1. The molecule has 0 bridgehead atoms. The maximum atomic E-state index is 12.1. The molecule has 4 nitrogen and oxygen atoms in total. The zero-order valence-electron chi connectivity index (χ0n) is 12.5. The minimum atomic E-state index is -0.577. The van der Waals surface area contributed by atoms with Crippen LogP contribution in [-0.4, -0.2) is 18.6 Å². The number of benzene rings is 2. The zero-order valence-corrected chi connectivity index (χ0v) is 14.7. The van der Waals surface area contributed by atoms with Gasteiger partial charge in [0.25, 0.3) is 5.91 Å². The molecule has 22 heavy (non-hydrogen) atoms. The molecule has 0 saturated carbocycles. The lowest BCUT2D eigenvalue weighted by Gasteiger charge is -2.15. The van der Waals surface area contributed by atoms with Gasteiger partial charge in [0.1, 0.15) is 11.5 Å². The number of halogens is 1. The zero-order chi connectivity index (χ0) is 15.9. The normalized spacial score (nSPS) is 11.6. The largest absolute Gasteiger partial charge is 0.494 e. The van der Waals surface area contributed by atoms with Crippen LogP contribution >= 0.6 is 22.6 Å². The van der Waals surface area contributed by atoms with Gasteiger partial charge in [0.15, 0.2) is 6.10 Å². The summed E-state index contributed by atoms with van der Waals surface area (Å²) in [7, 11) is 0. The summed E-state index contributed by atoms with van der Waals surface area (Å²) in [5.74, 6) is 1.26. The van der Waals surface area contributed by atoms with E-state index in [0.717, 1.165) is 9.32 Å². The molecule has 0 spiro atoms. The van der Waals surface area contributed by atoms with Crippen molar-refractivity contribution in [3.63, 3.8) is 0 Å². The molecule has 1 amide bonds. The van der Waals surface area contributed by atoms with E-state index in [0.29, 0.717) is 18.0 Å². The second-order valence-corrected chi connectivity index (χ2v) is 5.91. The highest BCUT2D eigenvalue weighted by Crippen LogP contribution is 2.18. The molecule has 2 rings (SSSR count). The SMILES string of the molecule is CCOc1ccc(NC(=O)[C@H](C)Oc2ccc(I)cc2)cc1. The van der Waals surface area contributed by atoms with Crippen LogP contribution in [0.25, 0.3) is 0 Å². The smallest absolute Gasteiger partial charge is 0.265 e. The Morgan fingerprint density at radius 1 is 1.09 bits per heavy atom. The van der Waals surface area contributed by atoms with Crippen molar-refractivity contribution in [2.24, 2.45) is 0 Å². The number of anilines is 1. The highest BCUT2D eigenvalue weighted by atomic mass is 127. The van der Waals surface area contributed by atoms with Crippen LogP contribution in [0.2, 0.25) is 0 Å². The fourth-order valence-corrected chi connectivity index (χ4v) is 2.18. The number of hydrogen-bond acceptors (Lipinski definition) is 3. The Morgan fingerprint density at radius 2 is 1.68 bits per heavy atom. The quantitative estimate of drug-likeness (QED) is 0.729. The number of rotatable bonds is 6. The number of carbonyl (C=O) groups excluding carboxylic acids is 1. The van der Waals surface area contributed by atoms with E-state index in [-0.39, 0.29) is 5.91 Å². The summed E-state index contributed by atoms with van der Waals surface area (Å²) in [5, 5.41) is 2.82. The molecule has 0 aliphatic heterocycles. The summed E-state index contributed by atoms with van der Waals surface area (Å²) in [5.41, 5.74) is 0.714. The minimum absolute atomic E-state index is 0.192. The van der Waals surface area contributed by atoms with E-state index in [2.05, 4.69) is 27.9 Å². The molecular weight excluding hydrogens is 393 g/mol. The van der Waals surface area contributed by atoms with Crippen LogP contribution in [0.3, 0.4) is 0 Å². The van der Waals surface area contributed by atoms with Crippen molar-refractivity contribution in [3.8, 4) is 11.5 Å². The van der Waals surface area contributed by atoms with Crippen molar-refractivity contribution in [2.45, 2.75) is 20.0 Å². The van der Waals surface area contributed by atoms with Crippen molar-refractivity contribution in [2.75, 3.05) is 11.9 Å². The van der Waals surface area contributed by atoms with Gasteiger partial charge in [-0.3, -0.25) is 4.79 Å². The van der Waals surface area contributed by atoms with Gasteiger partial charge in [0, 0.05) is 9.26 Å². The van der Waals surface area contributed by atoms with Crippen LogP contribution in [0.4, 0.5) is 5.69 Å². The number of carbonyl (C=O) groups is 1. The summed E-state index contributed by atoms with van der Waals surface area (Å²) >= 11 is 2.22. The Labute approximate surface area is 144 Å². The monoisotopic (exact) mass is 411 g/mol. The van der Waals surface area contributed by atoms with Gasteiger partial charge in [-0.25, -0.2) is 0 Å². The lowest BCUT2D eigenvalue weighted by atomic mass is 10.2. The fourth-order valence-electron chi connectivity index (χ4n) is 1.82. The molecule has 0 aliphatic rings. The molecule has 116 valence electrons. The van der Waals surface area contributed by atoms with E-state index < -0.39 is 6.10 Å². The van der Waals surface area contributed by atoms with Crippen LogP contribution in [0, 0.1) is 3.57 Å². The average Bonchev–Trinajstić information content (AvgIpc) is 2.51. The van der Waals surface area contributed by atoms with Gasteiger partial charge >= 0.3 is 0 Å². The van der Waals surface area contributed by atoms with Crippen LogP contribution in [0.15, 0.2) is 48.5 Å². The van der Waals surface area contributed by atoms with E-state index in [1.54, 1.807) is 19.1 Å². The molecule has 0 aliphatic carbocycles. The van der Waals surface area contributed by atoms with Crippen molar-refractivity contribution in [1.82, 2.24) is 0 Å². The molecule has 2 aromatic rings. The van der Waals surface area contributed by atoms with Crippen molar-refractivity contribution >= 4 is 34.2 Å². The number of ether oxygens (including phenoxy) is 2. The molecule has 0 saturated heterocycles. The second-order valence-electron chi connectivity index (χ2n) is 4.66. The van der Waals surface area contributed by atoms with Crippen LogP contribution in [-0.2, 0) is 4.79 Å². The van der Waals surface area contributed by atoms with E-state index in [1.165, 1.54) is 0 Å². The fraction of sp³-hybridized carbons (Fsp3) is 0.235. The van der Waals surface area contributed by atoms with Crippen LogP contribution < -0.4 is 14.8 Å². The molecule has 1 N–H and O–H groups in total. The van der Waals surface area contributed by atoms with Gasteiger partial charge in [-0.15, -0.1) is 0 Å². The first-order valence-corrected chi connectivity index (χ1v) is 8.12. The first kappa shape index (κ1) is 16.6. The van der Waals surface area contributed by atoms with E-state index >= 15 is 0 Å². The lowest BCUT2D eigenvalue weighted by Crippen LogP contribution is -2.30. The summed E-state index contributed by atoms with van der Waals surface area (Å²) in [4.78, 5) is 12.1. The molecule has 0 heterocycles. The molecule has 0 radical (unpaired) electrons. The average molecular weight is 411 g/mol. The number of nitrogens with one attached hydrogen (secondary N) is 1. The maximum Gasteiger partial charge on any atom is 0.265 e. The Balaban J connectivity index is 1.91. The number of amides is 1. The first-order valence-electron chi connectivity index (χ1n) is 7.04. The Bertz CT molecular complexity index is 611. The summed E-state index contributed by atoms with van der Waals surface area (Å²) < 4.78 is 12.1. The predicted octanol–water partition coefficient (Wildman–Crippen LogP) is 4.10. The minimum Gasteiger partial charge on any atom is -0.494 e. The Kier molecular flexibility index (Phi) is 6.06. The summed E-state index contributed by atoms with van der Waals surface area (Å²) in [6, 6.07) is 14.8. The molecule has 0 aromatic heterocycles. The van der Waals surface area contributed by atoms with E-state index in [4.69, 9.17) is 9.47 Å². The first-order chi connectivity index (χ1) is 10.6. The lowest BCUT2D eigenvalue weighted by molar-refractivity contribution is -0.122. The second kappa shape index (κ2) is 8.03. The van der Waals surface area contributed by atoms with Gasteiger partial charge in [0.05, 0.1) is 6.61 Å². The van der Waals surface area contributed by atoms with Gasteiger partial charge in [-0.1, -0.05) is 0 Å². The van der Waals surface area contributed by atoms with Crippen molar-refractivity contribution in [3.05, 3.63) is 52.1 Å². The summed E-state index contributed by atoms with van der Waals surface area (Å²) in [6.45, 7) is 4.27. The standard InChI is InChI=1S/C17H18INO3/c1-3-21-15-10-6-14(7-11-15)19-17(20)12(2)22-16-8-4-13(18)5-9-16/h4-12H,3H2,1-2H3,(H,19,20)/t12-/m0/s1. The Morgan fingerprint density at radius 3 is 2.27 bits per heavy atom. The maximum absolute atomic E-state index is 12.1. The molecule has 0 fully saturated rings. The Hall–Kier alpha value is -1.76. The molecular formula is C17H18INO3. The number of hydrogen-bond donors (Lipinski definition) is 1. The van der Waals surface area contributed by atoms with Gasteiger partial charge < -0.3 is 14.8 Å². The molecule has 0 unspecified atom stereocenters. The van der Waals surface area contributed by atoms with Crippen molar-refractivity contribution in [1.29, 1.82) is 0 Å². The highest BCUT2D eigenvalue weighted by Gasteiger charge is 2.14. The third kappa shape index (κ3) is 4.91. The van der Waals surface area contributed by atoms with Crippen LogP contribution in [0.1, 0.15) is 13.8 Å². The van der Waals surface area contributed by atoms with Crippen molar-refractivity contribution < 1.29 is 14.3 Å². The molecule has 5 heteroatoms.